The number of hydrogen-bond donors (Lipinski definition) is 2. The van der Waals surface area contributed by atoms with Gasteiger partial charge in [-0.1, -0.05) is 60.7 Å². The van der Waals surface area contributed by atoms with E-state index >= 15 is 0 Å². The van der Waals surface area contributed by atoms with E-state index in [2.05, 4.69) is 34.7 Å². The third kappa shape index (κ3) is 7.07. The normalized spacial score (nSPS) is 10.8. The third-order valence-corrected chi connectivity index (χ3v) is 5.27. The van der Waals surface area contributed by atoms with Crippen LogP contribution in [0.15, 0.2) is 28.6 Å². The molecule has 8 heteroatoms. The van der Waals surface area contributed by atoms with E-state index in [0.29, 0.717) is 23.2 Å². The maximum atomic E-state index is 11.9. The number of hydrogen-bond acceptors (Lipinski definition) is 6. The maximum Gasteiger partial charge on any atom is 0.230 e. The van der Waals surface area contributed by atoms with Crippen LogP contribution in [0.5, 0.6) is 0 Å². The molecule has 0 aliphatic carbocycles. The minimum atomic E-state index is -0.00563. The second-order valence-corrected chi connectivity index (χ2v) is 8.30. The predicted molar refractivity (Wildman–Crippen MR) is 102 cm³/mol. The van der Waals surface area contributed by atoms with Gasteiger partial charge in [0.15, 0.2) is 4.34 Å². The summed E-state index contributed by atoms with van der Waals surface area (Å²) in [5.41, 5.74) is 1.11. The zero-order valence-corrected chi connectivity index (χ0v) is 16.1. The van der Waals surface area contributed by atoms with E-state index in [1.807, 2.05) is 24.3 Å². The van der Waals surface area contributed by atoms with E-state index in [9.17, 15) is 4.79 Å². The van der Waals surface area contributed by atoms with Crippen LogP contribution in [0.2, 0.25) is 5.02 Å². The number of benzene rings is 1. The number of carbonyl (C=O) groups is 1. The van der Waals surface area contributed by atoms with Crippen molar-refractivity contribution in [2.75, 3.05) is 24.2 Å². The molecule has 24 heavy (non-hydrogen) atoms. The molecular weight excluding hydrogens is 364 g/mol. The molecule has 0 aliphatic heterocycles. The molecule has 2 rings (SSSR count). The van der Waals surface area contributed by atoms with Crippen molar-refractivity contribution in [2.45, 2.75) is 24.6 Å². The summed E-state index contributed by atoms with van der Waals surface area (Å²) >= 11 is 8.82. The number of thioether (sulfide) groups is 1. The molecule has 0 atom stereocenters. The number of rotatable bonds is 9. The number of halogens is 1. The summed E-state index contributed by atoms with van der Waals surface area (Å²) in [7, 11) is 0. The summed E-state index contributed by atoms with van der Waals surface area (Å²) in [5, 5.41) is 15.8. The van der Waals surface area contributed by atoms with Gasteiger partial charge in [-0.25, -0.2) is 0 Å². The Morgan fingerprint density at radius 2 is 2.21 bits per heavy atom. The van der Waals surface area contributed by atoms with Crippen LogP contribution in [-0.2, 0) is 11.2 Å². The van der Waals surface area contributed by atoms with Crippen LogP contribution in [0.25, 0.3) is 0 Å². The molecule has 1 aromatic carbocycles. The van der Waals surface area contributed by atoms with Gasteiger partial charge in [-0.2, -0.15) is 0 Å². The highest BCUT2D eigenvalue weighted by atomic mass is 35.5. The fourth-order valence-corrected chi connectivity index (χ4v) is 3.65. The topological polar surface area (TPSA) is 66.9 Å². The van der Waals surface area contributed by atoms with Gasteiger partial charge in [0, 0.05) is 18.1 Å². The largest absolute Gasteiger partial charge is 0.360 e. The lowest BCUT2D eigenvalue weighted by Gasteiger charge is -2.05. The molecule has 0 unspecified atom stereocenters. The standard InChI is InChI=1S/C16H21ClN4OS2/c1-11(2)9-19-15-20-21-16(24-15)23-10-14(22)18-7-6-12-4-3-5-13(17)8-12/h3-5,8,11H,6-7,9-10H2,1-2H3,(H,18,22)(H,19,20). The quantitative estimate of drug-likeness (QED) is 0.645. The Balaban J connectivity index is 1.66. The lowest BCUT2D eigenvalue weighted by Crippen LogP contribution is -2.27. The maximum absolute atomic E-state index is 11.9. The zero-order valence-electron chi connectivity index (χ0n) is 13.7. The van der Waals surface area contributed by atoms with Crippen molar-refractivity contribution in [3.05, 3.63) is 34.9 Å². The second-order valence-electron chi connectivity index (χ2n) is 5.67. The molecule has 0 saturated heterocycles. The Morgan fingerprint density at radius 3 is 2.96 bits per heavy atom. The molecular formula is C16H21ClN4OS2. The Bertz CT molecular complexity index is 663. The lowest BCUT2D eigenvalue weighted by atomic mass is 10.1. The molecule has 130 valence electrons. The summed E-state index contributed by atoms with van der Waals surface area (Å²) in [5.74, 6) is 0.887. The number of anilines is 1. The molecule has 0 fully saturated rings. The van der Waals surface area contributed by atoms with Gasteiger partial charge in [-0.3, -0.25) is 4.79 Å². The first-order valence-corrected chi connectivity index (χ1v) is 9.92. The SMILES string of the molecule is CC(C)CNc1nnc(SCC(=O)NCCc2cccc(Cl)c2)s1. The Hall–Kier alpha value is -1.31. The van der Waals surface area contributed by atoms with Gasteiger partial charge in [0.25, 0.3) is 0 Å². The third-order valence-electron chi connectivity index (χ3n) is 3.02. The van der Waals surface area contributed by atoms with Gasteiger partial charge in [-0.15, -0.1) is 10.2 Å². The van der Waals surface area contributed by atoms with E-state index in [-0.39, 0.29) is 5.91 Å². The molecule has 0 aliphatic rings. The van der Waals surface area contributed by atoms with Crippen molar-refractivity contribution >= 4 is 45.7 Å². The number of amides is 1. The first kappa shape index (κ1) is 19.0. The molecule has 1 heterocycles. The fraction of sp³-hybridized carbons (Fsp3) is 0.438. The van der Waals surface area contributed by atoms with Crippen LogP contribution >= 0.6 is 34.7 Å². The van der Waals surface area contributed by atoms with Gasteiger partial charge >= 0.3 is 0 Å². The second kappa shape index (κ2) is 9.86. The minimum absolute atomic E-state index is 0.00563. The molecule has 0 radical (unpaired) electrons. The number of carbonyl (C=O) groups excluding carboxylic acids is 1. The summed E-state index contributed by atoms with van der Waals surface area (Å²) < 4.78 is 0.797. The van der Waals surface area contributed by atoms with Crippen LogP contribution in [0.4, 0.5) is 5.13 Å². The molecule has 2 aromatic rings. The highest BCUT2D eigenvalue weighted by molar-refractivity contribution is 8.01. The van der Waals surface area contributed by atoms with E-state index in [4.69, 9.17) is 11.6 Å². The fourth-order valence-electron chi connectivity index (χ4n) is 1.85. The zero-order chi connectivity index (χ0) is 17.4. The van der Waals surface area contributed by atoms with Gasteiger partial charge in [-0.05, 0) is 30.0 Å². The van der Waals surface area contributed by atoms with Crippen LogP contribution in [-0.4, -0.2) is 34.9 Å². The van der Waals surface area contributed by atoms with Gasteiger partial charge in [0.05, 0.1) is 5.75 Å². The van der Waals surface area contributed by atoms with E-state index < -0.39 is 0 Å². The van der Waals surface area contributed by atoms with E-state index in [0.717, 1.165) is 28.0 Å². The van der Waals surface area contributed by atoms with Crippen molar-refractivity contribution in [3.63, 3.8) is 0 Å². The van der Waals surface area contributed by atoms with Gasteiger partial charge in [0.1, 0.15) is 0 Å². The summed E-state index contributed by atoms with van der Waals surface area (Å²) in [6, 6.07) is 7.66. The van der Waals surface area contributed by atoms with Crippen molar-refractivity contribution < 1.29 is 4.79 Å². The average Bonchev–Trinajstić information content (AvgIpc) is 2.99. The van der Waals surface area contributed by atoms with Crippen LogP contribution < -0.4 is 10.6 Å². The molecule has 2 N–H and O–H groups in total. The number of aromatic nitrogens is 2. The van der Waals surface area contributed by atoms with Crippen molar-refractivity contribution in [1.29, 1.82) is 0 Å². The number of nitrogens with zero attached hydrogens (tertiary/aromatic N) is 2. The molecule has 1 amide bonds. The van der Waals surface area contributed by atoms with E-state index in [1.165, 1.54) is 23.1 Å². The van der Waals surface area contributed by atoms with Crippen LogP contribution in [0.3, 0.4) is 0 Å². The molecule has 0 bridgehead atoms. The van der Waals surface area contributed by atoms with Crippen molar-refractivity contribution in [1.82, 2.24) is 15.5 Å². The van der Waals surface area contributed by atoms with Crippen LogP contribution in [0.1, 0.15) is 19.4 Å². The van der Waals surface area contributed by atoms with Crippen molar-refractivity contribution in [3.8, 4) is 0 Å². The lowest BCUT2D eigenvalue weighted by molar-refractivity contribution is -0.118. The van der Waals surface area contributed by atoms with Crippen LogP contribution in [0, 0.1) is 5.92 Å². The predicted octanol–water partition coefficient (Wildman–Crippen LogP) is 3.71. The summed E-state index contributed by atoms with van der Waals surface area (Å²) in [6.45, 7) is 5.73. The minimum Gasteiger partial charge on any atom is -0.360 e. The smallest absolute Gasteiger partial charge is 0.230 e. The van der Waals surface area contributed by atoms with Gasteiger partial charge in [0.2, 0.25) is 11.0 Å². The molecule has 0 saturated carbocycles. The molecule has 0 spiro atoms. The molecule has 1 aromatic heterocycles. The van der Waals surface area contributed by atoms with Gasteiger partial charge < -0.3 is 10.6 Å². The van der Waals surface area contributed by atoms with Crippen molar-refractivity contribution in [2.24, 2.45) is 5.92 Å². The highest BCUT2D eigenvalue weighted by Crippen LogP contribution is 2.25. The summed E-state index contributed by atoms with van der Waals surface area (Å²) in [6.07, 6.45) is 0.763. The first-order chi connectivity index (χ1) is 11.5. The average molecular weight is 385 g/mol. The Kier molecular flexibility index (Phi) is 7.81. The highest BCUT2D eigenvalue weighted by Gasteiger charge is 2.08. The molecule has 5 nitrogen and oxygen atoms in total. The summed E-state index contributed by atoms with van der Waals surface area (Å²) in [4.78, 5) is 11.9. The van der Waals surface area contributed by atoms with E-state index in [1.54, 1.807) is 0 Å². The Morgan fingerprint density at radius 1 is 1.38 bits per heavy atom. The Labute approximate surface area is 155 Å². The monoisotopic (exact) mass is 384 g/mol. The first-order valence-electron chi connectivity index (χ1n) is 7.74. The number of nitrogens with one attached hydrogen (secondary N) is 2.